The topological polar surface area (TPSA) is 95.7 Å². The van der Waals surface area contributed by atoms with E-state index < -0.39 is 4.92 Å². The smallest absolute Gasteiger partial charge is 0.292 e. The number of nitrogens with one attached hydrogen (secondary N) is 1. The van der Waals surface area contributed by atoms with Crippen molar-refractivity contribution >= 4 is 17.3 Å². The van der Waals surface area contributed by atoms with Crippen LogP contribution in [0.15, 0.2) is 24.3 Å². The third kappa shape index (κ3) is 3.94. The Morgan fingerprint density at radius 2 is 2.18 bits per heavy atom. The highest BCUT2D eigenvalue weighted by molar-refractivity contribution is 5.82. The van der Waals surface area contributed by atoms with E-state index in [0.717, 1.165) is 19.3 Å². The number of rotatable bonds is 6. The van der Waals surface area contributed by atoms with E-state index in [-0.39, 0.29) is 30.2 Å². The number of nitrogens with zero attached hydrogens (tertiary/aromatic N) is 2. The zero-order chi connectivity index (χ0) is 16.1. The fraction of sp³-hybridized carbons (Fsp3) is 0.533. The number of para-hydroxylation sites is 2. The Balaban J connectivity index is 1.90. The number of hydrogen-bond acceptors (Lipinski definition) is 5. The molecule has 1 saturated carbocycles. The van der Waals surface area contributed by atoms with Gasteiger partial charge in [0.2, 0.25) is 5.91 Å². The molecule has 22 heavy (non-hydrogen) atoms. The maximum atomic E-state index is 12.0. The van der Waals surface area contributed by atoms with E-state index in [1.807, 2.05) is 0 Å². The molecule has 0 spiro atoms. The van der Waals surface area contributed by atoms with Crippen LogP contribution in [0.25, 0.3) is 0 Å². The molecule has 1 aromatic carbocycles. The van der Waals surface area contributed by atoms with Crippen molar-refractivity contribution in [3.63, 3.8) is 0 Å². The molecular weight excluding hydrogens is 286 g/mol. The van der Waals surface area contributed by atoms with E-state index in [1.54, 1.807) is 30.1 Å². The molecule has 2 unspecified atom stereocenters. The van der Waals surface area contributed by atoms with E-state index in [4.69, 9.17) is 0 Å². The molecule has 1 aliphatic carbocycles. The molecule has 0 saturated heterocycles. The molecule has 0 aromatic heterocycles. The third-order valence-electron chi connectivity index (χ3n) is 4.05. The van der Waals surface area contributed by atoms with Crippen LogP contribution in [0.1, 0.15) is 19.3 Å². The predicted octanol–water partition coefficient (Wildman–Crippen LogP) is 1.31. The van der Waals surface area contributed by atoms with Crippen LogP contribution < -0.4 is 10.2 Å². The Morgan fingerprint density at radius 1 is 1.45 bits per heavy atom. The Morgan fingerprint density at radius 3 is 2.82 bits per heavy atom. The van der Waals surface area contributed by atoms with Gasteiger partial charge in [-0.1, -0.05) is 18.6 Å². The fourth-order valence-corrected chi connectivity index (χ4v) is 2.80. The van der Waals surface area contributed by atoms with Gasteiger partial charge in [0.05, 0.1) is 17.6 Å². The molecule has 1 fully saturated rings. The molecular formula is C15H21N3O4. The highest BCUT2D eigenvalue weighted by atomic mass is 16.6. The number of carbonyl (C=O) groups is 1. The second-order valence-electron chi connectivity index (χ2n) is 5.66. The number of amides is 1. The summed E-state index contributed by atoms with van der Waals surface area (Å²) in [6, 6.07) is 6.33. The molecule has 7 heteroatoms. The minimum absolute atomic E-state index is 0.0241. The number of likely N-dealkylation sites (N-methyl/N-ethyl adjacent to an activating group) is 1. The van der Waals surface area contributed by atoms with Crippen molar-refractivity contribution in [2.45, 2.75) is 25.4 Å². The minimum Gasteiger partial charge on any atom is -0.393 e. The largest absolute Gasteiger partial charge is 0.393 e. The second kappa shape index (κ2) is 7.22. The van der Waals surface area contributed by atoms with Crippen LogP contribution in [0.3, 0.4) is 0 Å². The number of carbonyl (C=O) groups excluding carboxylic acids is 1. The second-order valence-corrected chi connectivity index (χ2v) is 5.66. The first-order valence-corrected chi connectivity index (χ1v) is 7.38. The number of nitro benzene ring substituents is 1. The van der Waals surface area contributed by atoms with Crippen LogP contribution in [-0.4, -0.2) is 42.2 Å². The average molecular weight is 307 g/mol. The number of benzene rings is 1. The molecule has 7 nitrogen and oxygen atoms in total. The zero-order valence-electron chi connectivity index (χ0n) is 12.6. The monoisotopic (exact) mass is 307 g/mol. The average Bonchev–Trinajstić information content (AvgIpc) is 2.90. The van der Waals surface area contributed by atoms with Gasteiger partial charge < -0.3 is 15.3 Å². The minimum atomic E-state index is -0.460. The molecule has 1 aliphatic rings. The van der Waals surface area contributed by atoms with Gasteiger partial charge in [0.15, 0.2) is 0 Å². The molecule has 1 aromatic rings. The maximum Gasteiger partial charge on any atom is 0.292 e. The maximum absolute atomic E-state index is 12.0. The van der Waals surface area contributed by atoms with Crippen molar-refractivity contribution in [1.82, 2.24) is 5.32 Å². The van der Waals surface area contributed by atoms with Crippen LogP contribution in [0.2, 0.25) is 0 Å². The summed E-state index contributed by atoms with van der Waals surface area (Å²) in [6.07, 6.45) is 2.35. The van der Waals surface area contributed by atoms with E-state index >= 15 is 0 Å². The summed E-state index contributed by atoms with van der Waals surface area (Å²) in [4.78, 5) is 24.1. The van der Waals surface area contributed by atoms with Crippen LogP contribution in [0, 0.1) is 16.0 Å². The van der Waals surface area contributed by atoms with Crippen LogP contribution in [0.4, 0.5) is 11.4 Å². The fourth-order valence-electron chi connectivity index (χ4n) is 2.80. The van der Waals surface area contributed by atoms with E-state index in [1.165, 1.54) is 6.07 Å². The lowest BCUT2D eigenvalue weighted by Gasteiger charge is -2.20. The first-order valence-electron chi connectivity index (χ1n) is 7.38. The number of hydrogen-bond donors (Lipinski definition) is 2. The SMILES string of the molecule is CN(CC(=O)NCC1CCCC1O)c1ccccc1[N+](=O)[O-]. The number of nitro groups is 1. The standard InChI is InChI=1S/C15H21N3O4/c1-17(12-6-2-3-7-13(12)18(21)22)10-15(20)16-9-11-5-4-8-14(11)19/h2-3,6-7,11,14,19H,4-5,8-10H2,1H3,(H,16,20). The van der Waals surface area contributed by atoms with Crippen molar-refractivity contribution in [3.8, 4) is 0 Å². The zero-order valence-corrected chi connectivity index (χ0v) is 12.6. The van der Waals surface area contributed by atoms with Crippen LogP contribution in [-0.2, 0) is 4.79 Å². The Bertz CT molecular complexity index is 549. The van der Waals surface area contributed by atoms with E-state index in [0.29, 0.717) is 12.2 Å². The Hall–Kier alpha value is -2.15. The quantitative estimate of drug-likeness (QED) is 0.610. The van der Waals surface area contributed by atoms with Gasteiger partial charge in [-0.15, -0.1) is 0 Å². The molecule has 0 bridgehead atoms. The van der Waals surface area contributed by atoms with E-state index in [2.05, 4.69) is 5.32 Å². The summed E-state index contributed by atoms with van der Waals surface area (Å²) in [7, 11) is 1.65. The van der Waals surface area contributed by atoms with Gasteiger partial charge in [0.25, 0.3) is 5.69 Å². The Labute approximate surface area is 129 Å². The number of aliphatic hydroxyl groups excluding tert-OH is 1. The predicted molar refractivity (Wildman–Crippen MR) is 82.7 cm³/mol. The summed E-state index contributed by atoms with van der Waals surface area (Å²) < 4.78 is 0. The highest BCUT2D eigenvalue weighted by Crippen LogP contribution is 2.26. The van der Waals surface area contributed by atoms with Crippen molar-refractivity contribution in [2.24, 2.45) is 5.92 Å². The summed E-state index contributed by atoms with van der Waals surface area (Å²) >= 11 is 0. The van der Waals surface area contributed by atoms with Gasteiger partial charge >= 0.3 is 0 Å². The lowest BCUT2D eigenvalue weighted by Crippen LogP contribution is -2.39. The normalized spacial score (nSPS) is 20.6. The molecule has 0 heterocycles. The van der Waals surface area contributed by atoms with Gasteiger partial charge in [0, 0.05) is 25.6 Å². The van der Waals surface area contributed by atoms with Gasteiger partial charge in [0.1, 0.15) is 5.69 Å². The first-order chi connectivity index (χ1) is 10.5. The van der Waals surface area contributed by atoms with Crippen molar-refractivity contribution < 1.29 is 14.8 Å². The van der Waals surface area contributed by atoms with Crippen LogP contribution in [0.5, 0.6) is 0 Å². The lowest BCUT2D eigenvalue weighted by molar-refractivity contribution is -0.384. The molecule has 120 valence electrons. The summed E-state index contributed by atoms with van der Waals surface area (Å²) in [5.74, 6) is -0.0972. The summed E-state index contributed by atoms with van der Waals surface area (Å²) in [6.45, 7) is 0.485. The third-order valence-corrected chi connectivity index (χ3v) is 4.05. The molecule has 2 rings (SSSR count). The van der Waals surface area contributed by atoms with E-state index in [9.17, 15) is 20.0 Å². The van der Waals surface area contributed by atoms with Gasteiger partial charge in [-0.05, 0) is 18.9 Å². The summed E-state index contributed by atoms with van der Waals surface area (Å²) in [5, 5.41) is 23.5. The molecule has 2 N–H and O–H groups in total. The van der Waals surface area contributed by atoms with Gasteiger partial charge in [-0.2, -0.15) is 0 Å². The van der Waals surface area contributed by atoms with Crippen molar-refractivity contribution in [3.05, 3.63) is 34.4 Å². The van der Waals surface area contributed by atoms with Gasteiger partial charge in [-0.25, -0.2) is 0 Å². The molecule has 0 aliphatic heterocycles. The first kappa shape index (κ1) is 16.2. The summed E-state index contributed by atoms with van der Waals surface area (Å²) in [5.41, 5.74) is 0.382. The molecule has 1 amide bonds. The molecule has 0 radical (unpaired) electrons. The van der Waals surface area contributed by atoms with Crippen molar-refractivity contribution in [2.75, 3.05) is 25.0 Å². The highest BCUT2D eigenvalue weighted by Gasteiger charge is 2.25. The van der Waals surface area contributed by atoms with Crippen molar-refractivity contribution in [1.29, 1.82) is 0 Å². The number of anilines is 1. The Kier molecular flexibility index (Phi) is 5.32. The van der Waals surface area contributed by atoms with Crippen LogP contribution >= 0.6 is 0 Å². The number of aliphatic hydroxyl groups is 1. The lowest BCUT2D eigenvalue weighted by atomic mass is 10.1. The van der Waals surface area contributed by atoms with Gasteiger partial charge in [-0.3, -0.25) is 14.9 Å². The molecule has 2 atom stereocenters.